The Morgan fingerprint density at radius 3 is 1.91 bits per heavy atom. The first kappa shape index (κ1) is 43.4. The van der Waals surface area contributed by atoms with E-state index in [4.69, 9.17) is 24.8 Å². The van der Waals surface area contributed by atoms with Crippen LogP contribution in [0.3, 0.4) is 0 Å². The molecule has 0 atom stereocenters. The molecule has 2 aromatic carbocycles. The van der Waals surface area contributed by atoms with E-state index in [2.05, 4.69) is 24.1 Å². The number of hydrogen-bond donors (Lipinski definition) is 4. The van der Waals surface area contributed by atoms with E-state index in [1.54, 1.807) is 35.9 Å². The number of benzene rings is 2. The third kappa shape index (κ3) is 9.20. The summed E-state index contributed by atoms with van der Waals surface area (Å²) >= 11 is 0. The lowest BCUT2D eigenvalue weighted by Crippen LogP contribution is -2.70. The minimum atomic E-state index is -1.32. The van der Waals surface area contributed by atoms with Gasteiger partial charge in [-0.1, -0.05) is 19.9 Å². The van der Waals surface area contributed by atoms with Crippen molar-refractivity contribution < 1.29 is 48.8 Å². The molecule has 0 saturated heterocycles. The van der Waals surface area contributed by atoms with Crippen LogP contribution < -0.4 is 14.8 Å². The normalized spacial score (nSPS) is 21.7. The molecule has 15 heteroatoms. The maximum Gasteiger partial charge on any atom is 0.330 e. The molecule has 1 heterocycles. The highest BCUT2D eigenvalue weighted by atomic mass is 16.5. The molecular formula is C43H55N5O10. The minimum Gasteiger partial charge on any atom is -0.496 e. The number of carboxylic acid groups (broad SMARTS) is 3. The summed E-state index contributed by atoms with van der Waals surface area (Å²) in [7, 11) is 9.00. The molecule has 4 fully saturated rings. The standard InChI is InChI=1S/C39H51N5O6.C4H4O4/c1-23(2)29-21-26(37(46)43(5)15-9-14-42(3)4)12-13-31(29)44-32(35-33(49-6)10-8-11-34(35)50-7)22-30(41-44)36(45)40-39(38(47)48)27-17-24-16-25(19-27)20-28(39)18-24;5-3(6)1-2-4(7)8/h8,10-13,21-25,27-28H,9,14-20H2,1-7H3,(H,40,45)(H,47,48);1-2H,(H,5,6)(H,7,8)/b;2-1-. The van der Waals surface area contributed by atoms with Crippen LogP contribution in [-0.4, -0.2) is 119 Å². The van der Waals surface area contributed by atoms with E-state index in [0.29, 0.717) is 64.5 Å². The first-order chi connectivity index (χ1) is 27.5. The number of methoxy groups -OCH3 is 2. The van der Waals surface area contributed by atoms with Crippen LogP contribution in [0.1, 0.15) is 84.7 Å². The van der Waals surface area contributed by atoms with Gasteiger partial charge in [0.1, 0.15) is 17.0 Å². The summed E-state index contributed by atoms with van der Waals surface area (Å²) in [6.45, 7) is 5.62. The smallest absolute Gasteiger partial charge is 0.330 e. The number of hydrogen-bond acceptors (Lipinski definition) is 9. The number of carboxylic acids is 3. The highest BCUT2D eigenvalue weighted by Crippen LogP contribution is 2.58. The minimum absolute atomic E-state index is 0.00554. The molecule has 0 radical (unpaired) electrons. The topological polar surface area (TPSA) is 201 Å². The highest BCUT2D eigenvalue weighted by Gasteiger charge is 2.62. The average Bonchev–Trinajstić information content (AvgIpc) is 3.62. The van der Waals surface area contributed by atoms with E-state index in [9.17, 15) is 29.1 Å². The van der Waals surface area contributed by atoms with Gasteiger partial charge in [0.15, 0.2) is 5.69 Å². The van der Waals surface area contributed by atoms with Crippen molar-refractivity contribution in [2.45, 2.75) is 63.8 Å². The summed E-state index contributed by atoms with van der Waals surface area (Å²) in [4.78, 5) is 63.9. The van der Waals surface area contributed by atoms with Crippen LogP contribution in [0.5, 0.6) is 11.5 Å². The van der Waals surface area contributed by atoms with Crippen LogP contribution in [-0.2, 0) is 14.4 Å². The van der Waals surface area contributed by atoms with Crippen LogP contribution in [0.2, 0.25) is 0 Å². The molecule has 15 nitrogen and oxygen atoms in total. The van der Waals surface area contributed by atoms with Gasteiger partial charge in [0.2, 0.25) is 0 Å². The number of amides is 2. The van der Waals surface area contributed by atoms with Crippen molar-refractivity contribution in [2.75, 3.05) is 48.5 Å². The third-order valence-corrected chi connectivity index (χ3v) is 11.7. The predicted molar refractivity (Wildman–Crippen MR) is 216 cm³/mol. The number of carbonyl (C=O) groups is 5. The lowest BCUT2D eigenvalue weighted by molar-refractivity contribution is -0.163. The van der Waals surface area contributed by atoms with Crippen LogP contribution >= 0.6 is 0 Å². The average molecular weight is 802 g/mol. The molecule has 7 rings (SSSR count). The van der Waals surface area contributed by atoms with E-state index < -0.39 is 29.4 Å². The lowest BCUT2D eigenvalue weighted by Gasteiger charge is -2.59. The number of nitrogens with zero attached hydrogens (tertiary/aromatic N) is 4. The first-order valence-electron chi connectivity index (χ1n) is 19.6. The van der Waals surface area contributed by atoms with Gasteiger partial charge in [-0.3, -0.25) is 9.59 Å². The van der Waals surface area contributed by atoms with Crippen LogP contribution in [0.15, 0.2) is 54.6 Å². The van der Waals surface area contributed by atoms with Crippen LogP contribution in [0.4, 0.5) is 0 Å². The number of nitrogens with one attached hydrogen (secondary N) is 1. The van der Waals surface area contributed by atoms with E-state index in [0.717, 1.165) is 44.2 Å². The summed E-state index contributed by atoms with van der Waals surface area (Å²) in [5, 5.41) is 34.3. The second kappa shape index (κ2) is 18.3. The van der Waals surface area contributed by atoms with Gasteiger partial charge in [-0.2, -0.15) is 5.10 Å². The Morgan fingerprint density at radius 2 is 1.43 bits per heavy atom. The second-order valence-corrected chi connectivity index (χ2v) is 16.1. The van der Waals surface area contributed by atoms with Gasteiger partial charge < -0.3 is 39.9 Å². The summed E-state index contributed by atoms with van der Waals surface area (Å²) in [6, 6.07) is 12.7. The lowest BCUT2D eigenvalue weighted by atomic mass is 9.48. The van der Waals surface area contributed by atoms with Crippen molar-refractivity contribution in [1.82, 2.24) is 24.9 Å². The molecule has 4 saturated carbocycles. The van der Waals surface area contributed by atoms with Gasteiger partial charge in [0.05, 0.1) is 31.2 Å². The largest absolute Gasteiger partial charge is 0.496 e. The van der Waals surface area contributed by atoms with Gasteiger partial charge in [0.25, 0.3) is 11.8 Å². The quantitative estimate of drug-likeness (QED) is 0.142. The van der Waals surface area contributed by atoms with Gasteiger partial charge in [0, 0.05) is 31.3 Å². The molecule has 0 unspecified atom stereocenters. The van der Waals surface area contributed by atoms with Gasteiger partial charge in [-0.05, 0) is 131 Å². The summed E-state index contributed by atoms with van der Waals surface area (Å²) in [6.07, 6.45) is 6.44. The molecule has 4 aliphatic rings. The summed E-state index contributed by atoms with van der Waals surface area (Å²) in [5.41, 5.74) is 2.04. The van der Waals surface area contributed by atoms with Crippen molar-refractivity contribution in [3.05, 3.63) is 71.4 Å². The molecule has 4 N–H and O–H groups in total. The molecule has 0 aliphatic heterocycles. The Hall–Kier alpha value is -5.70. The molecule has 0 spiro atoms. The second-order valence-electron chi connectivity index (χ2n) is 16.1. The molecular weight excluding hydrogens is 746 g/mol. The SMILES string of the molecule is COc1cccc(OC)c1-c1cc(C(=O)NC2(C(=O)O)C3CC4CC(C3)CC2C4)nn1-c1ccc(C(=O)N(C)CCCN(C)C)cc1C(C)C.O=C(O)/C=C\C(=O)O. The van der Waals surface area contributed by atoms with Gasteiger partial charge >= 0.3 is 17.9 Å². The van der Waals surface area contributed by atoms with Crippen molar-refractivity contribution in [1.29, 1.82) is 0 Å². The first-order valence-corrected chi connectivity index (χ1v) is 19.6. The Kier molecular flexibility index (Phi) is 13.7. The fraction of sp³-hybridized carbons (Fsp3) is 0.488. The number of rotatable bonds is 15. The van der Waals surface area contributed by atoms with E-state index in [-0.39, 0.29) is 29.4 Å². The zero-order chi connectivity index (χ0) is 42.5. The van der Waals surface area contributed by atoms with Gasteiger partial charge in [-0.15, -0.1) is 0 Å². The summed E-state index contributed by atoms with van der Waals surface area (Å²) < 4.78 is 13.3. The van der Waals surface area contributed by atoms with Crippen LogP contribution in [0.25, 0.3) is 16.9 Å². The van der Waals surface area contributed by atoms with Crippen molar-refractivity contribution >= 4 is 29.7 Å². The van der Waals surface area contributed by atoms with Crippen molar-refractivity contribution in [3.8, 4) is 28.4 Å². The van der Waals surface area contributed by atoms with Crippen LogP contribution in [0, 0.1) is 23.7 Å². The monoisotopic (exact) mass is 801 g/mol. The van der Waals surface area contributed by atoms with Crippen molar-refractivity contribution in [2.24, 2.45) is 23.7 Å². The Labute approximate surface area is 338 Å². The molecule has 1 aromatic heterocycles. The number of aromatic nitrogens is 2. The molecule has 58 heavy (non-hydrogen) atoms. The number of carbonyl (C=O) groups excluding carboxylic acids is 2. The number of ether oxygens (including phenoxy) is 2. The zero-order valence-corrected chi connectivity index (χ0v) is 34.2. The fourth-order valence-corrected chi connectivity index (χ4v) is 9.18. The van der Waals surface area contributed by atoms with E-state index >= 15 is 0 Å². The van der Waals surface area contributed by atoms with Crippen molar-refractivity contribution in [3.63, 3.8) is 0 Å². The highest BCUT2D eigenvalue weighted by molar-refractivity contribution is 5.98. The third-order valence-electron chi connectivity index (χ3n) is 11.7. The fourth-order valence-electron chi connectivity index (χ4n) is 9.18. The molecule has 312 valence electrons. The Balaban J connectivity index is 0.000000725. The van der Waals surface area contributed by atoms with Gasteiger partial charge in [-0.25, -0.2) is 19.1 Å². The maximum absolute atomic E-state index is 14.3. The maximum atomic E-state index is 14.3. The molecule has 3 aromatic rings. The van der Waals surface area contributed by atoms with E-state index in [1.165, 1.54) is 6.42 Å². The molecule has 4 aliphatic carbocycles. The summed E-state index contributed by atoms with van der Waals surface area (Å²) in [5.74, 6) is -2.15. The predicted octanol–water partition coefficient (Wildman–Crippen LogP) is 5.42. The zero-order valence-electron chi connectivity index (χ0n) is 34.2. The van der Waals surface area contributed by atoms with E-state index in [1.807, 2.05) is 51.5 Å². The number of aliphatic carboxylic acids is 3. The Bertz CT molecular complexity index is 1990. The molecule has 4 bridgehead atoms. The molecule has 2 amide bonds. The Morgan fingerprint density at radius 1 is 0.862 bits per heavy atom.